The number of aldehydes is 1. The quantitative estimate of drug-likeness (QED) is 0.0511. The molecule has 59 heavy (non-hydrogen) atoms. The summed E-state index contributed by atoms with van der Waals surface area (Å²) in [5, 5.41) is 24.7. The van der Waals surface area contributed by atoms with Gasteiger partial charge in [-0.2, -0.15) is 0 Å². The number of methoxy groups -OCH3 is 1. The Morgan fingerprint density at radius 3 is 2.42 bits per heavy atom. The third-order valence-electron chi connectivity index (χ3n) is 11.3. The lowest BCUT2D eigenvalue weighted by atomic mass is 9.55. The zero-order chi connectivity index (χ0) is 42.6. The van der Waals surface area contributed by atoms with Gasteiger partial charge in [0.2, 0.25) is 5.79 Å². The van der Waals surface area contributed by atoms with Crippen molar-refractivity contribution in [1.29, 1.82) is 0 Å². The number of aliphatic hydroxyl groups excluding tert-OH is 2. The molecule has 2 aromatic carbocycles. The minimum atomic E-state index is -1.41. The number of hydrogen-bond acceptors (Lipinski definition) is 11. The van der Waals surface area contributed by atoms with E-state index in [0.717, 1.165) is 43.1 Å². The Labute approximate surface area is 349 Å². The van der Waals surface area contributed by atoms with E-state index < -0.39 is 29.4 Å². The summed E-state index contributed by atoms with van der Waals surface area (Å²) in [5.74, 6) is 0.0214. The molecule has 0 saturated heterocycles. The van der Waals surface area contributed by atoms with Crippen LogP contribution in [0.1, 0.15) is 107 Å². The van der Waals surface area contributed by atoms with E-state index in [1.165, 1.54) is 7.11 Å². The van der Waals surface area contributed by atoms with Gasteiger partial charge in [-0.15, -0.1) is 13.2 Å². The smallest absolute Gasteiger partial charge is 0.410 e. The van der Waals surface area contributed by atoms with Gasteiger partial charge in [0.25, 0.3) is 0 Å². The lowest BCUT2D eigenvalue weighted by molar-refractivity contribution is -0.255. The first-order valence-corrected chi connectivity index (χ1v) is 21.1. The van der Waals surface area contributed by atoms with Crippen LogP contribution in [0.15, 0.2) is 78.5 Å². The molecule has 2 aliphatic carbocycles. The average molecular weight is 817 g/mol. The summed E-state index contributed by atoms with van der Waals surface area (Å²) < 4.78 is 32.0. The lowest BCUT2D eigenvalue weighted by Gasteiger charge is -2.60. The Bertz CT molecular complexity index is 1820. The van der Waals surface area contributed by atoms with Crippen LogP contribution < -0.4 is 14.2 Å². The molecular formula is C47H64N2O10. The number of amides is 1. The summed E-state index contributed by atoms with van der Waals surface area (Å²) in [7, 11) is 1.51. The van der Waals surface area contributed by atoms with Crippen LogP contribution in [0.2, 0.25) is 0 Å². The average Bonchev–Trinajstić information content (AvgIpc) is 3.22. The van der Waals surface area contributed by atoms with E-state index in [2.05, 4.69) is 19.2 Å². The molecular weight excluding hydrogens is 753 g/mol. The van der Waals surface area contributed by atoms with Crippen LogP contribution in [-0.2, 0) is 14.3 Å². The number of aliphatic hydroxyl groups is 2. The van der Waals surface area contributed by atoms with Crippen molar-refractivity contribution in [2.75, 3.05) is 40.1 Å². The van der Waals surface area contributed by atoms with Gasteiger partial charge < -0.3 is 38.7 Å². The monoisotopic (exact) mass is 816 g/mol. The molecule has 0 spiro atoms. The molecule has 1 aliphatic heterocycles. The van der Waals surface area contributed by atoms with Gasteiger partial charge in [0.15, 0.2) is 6.29 Å². The lowest BCUT2D eigenvalue weighted by Crippen LogP contribution is -2.70. The van der Waals surface area contributed by atoms with Crippen LogP contribution >= 0.6 is 0 Å². The standard InChI is InChI=1S/C47H64N2O10/c1-8-11-26-55-45(53)49(22-9-2)42-30-39(48-59-46(4,5)6)37-28-32(16-12-14-23-50)36(17-13-15-24-51)43-38-29-35(57-34-18-20-40(54-7)33(27-34)31-52)19-21-41(38)58-47(42,44(37)43)56-25-10-3/h8,10,18-21,27-29,31-32,36,42-44,50-51H,1,3,9,11-17,22-26,30H2,2,4-7H3. The van der Waals surface area contributed by atoms with Crippen molar-refractivity contribution in [3.63, 3.8) is 0 Å². The zero-order valence-electron chi connectivity index (χ0n) is 35.5. The summed E-state index contributed by atoms with van der Waals surface area (Å²) in [6, 6.07) is 10.1. The molecule has 0 bridgehead atoms. The fourth-order valence-corrected chi connectivity index (χ4v) is 8.84. The maximum atomic E-state index is 14.2. The molecule has 5 rings (SSSR count). The van der Waals surface area contributed by atoms with E-state index in [4.69, 9.17) is 33.7 Å². The highest BCUT2D eigenvalue weighted by Gasteiger charge is 2.65. The Kier molecular flexibility index (Phi) is 16.2. The van der Waals surface area contributed by atoms with Crippen molar-refractivity contribution in [1.82, 2.24) is 4.90 Å². The molecule has 322 valence electrons. The Hall–Kier alpha value is -4.65. The van der Waals surface area contributed by atoms with Crippen LogP contribution in [0.3, 0.4) is 0 Å². The zero-order valence-corrected chi connectivity index (χ0v) is 35.5. The Morgan fingerprint density at radius 1 is 1.03 bits per heavy atom. The van der Waals surface area contributed by atoms with Crippen molar-refractivity contribution in [2.45, 2.75) is 109 Å². The SMILES string of the molecule is C=CCCOC(=O)N(CCC)C1CC(=NOC(C)(C)C)C2=CC(CCCCO)C(CCCCO)C3c4cc(Oc5ccc(OC)c(C=O)c5)ccc4OC1(OCC=C)C23. The van der Waals surface area contributed by atoms with E-state index in [1.807, 2.05) is 45.9 Å². The fraction of sp³-hybridized carbons (Fsp3) is 0.553. The number of nitrogens with zero attached hydrogens (tertiary/aromatic N) is 2. The van der Waals surface area contributed by atoms with E-state index >= 15 is 0 Å². The molecule has 6 unspecified atom stereocenters. The summed E-state index contributed by atoms with van der Waals surface area (Å²) in [4.78, 5) is 34.1. The first-order chi connectivity index (χ1) is 28.5. The largest absolute Gasteiger partial charge is 0.496 e. The van der Waals surface area contributed by atoms with E-state index in [0.29, 0.717) is 66.5 Å². The van der Waals surface area contributed by atoms with Gasteiger partial charge in [-0.25, -0.2) is 4.79 Å². The van der Waals surface area contributed by atoms with Crippen LogP contribution in [0.5, 0.6) is 23.0 Å². The summed E-state index contributed by atoms with van der Waals surface area (Å²) >= 11 is 0. The third kappa shape index (κ3) is 10.6. The minimum Gasteiger partial charge on any atom is -0.496 e. The molecule has 12 nitrogen and oxygen atoms in total. The number of benzene rings is 2. The molecule has 0 radical (unpaired) electrons. The van der Waals surface area contributed by atoms with Gasteiger partial charge in [-0.05, 0) is 113 Å². The second kappa shape index (κ2) is 21.0. The van der Waals surface area contributed by atoms with Crippen molar-refractivity contribution in [2.24, 2.45) is 22.9 Å². The van der Waals surface area contributed by atoms with Gasteiger partial charge in [-0.1, -0.05) is 43.1 Å². The third-order valence-corrected chi connectivity index (χ3v) is 11.3. The van der Waals surface area contributed by atoms with Crippen molar-refractivity contribution in [3.05, 3.63) is 84.5 Å². The number of carbonyl (C=O) groups is 2. The summed E-state index contributed by atoms with van der Waals surface area (Å²) in [6.07, 6.45) is 11.9. The van der Waals surface area contributed by atoms with Crippen molar-refractivity contribution in [3.8, 4) is 23.0 Å². The number of allylic oxidation sites excluding steroid dienone is 1. The maximum Gasteiger partial charge on any atom is 0.410 e. The molecule has 1 heterocycles. The van der Waals surface area contributed by atoms with E-state index in [9.17, 15) is 19.8 Å². The molecule has 3 aliphatic rings. The molecule has 1 fully saturated rings. The molecule has 12 heteroatoms. The normalized spacial score (nSPS) is 23.8. The van der Waals surface area contributed by atoms with Crippen molar-refractivity contribution >= 4 is 18.1 Å². The van der Waals surface area contributed by atoms with Gasteiger partial charge in [-0.3, -0.25) is 9.69 Å². The summed E-state index contributed by atoms with van der Waals surface area (Å²) in [6.45, 7) is 16.5. The fourth-order valence-electron chi connectivity index (χ4n) is 8.84. The number of carbonyl (C=O) groups excluding carboxylic acids is 2. The highest BCUT2D eigenvalue weighted by atomic mass is 16.7. The number of unbranched alkanes of at least 4 members (excludes halogenated alkanes) is 2. The first kappa shape index (κ1) is 45.4. The van der Waals surface area contributed by atoms with Crippen LogP contribution in [0, 0.1) is 17.8 Å². The highest BCUT2D eigenvalue weighted by molar-refractivity contribution is 6.03. The van der Waals surface area contributed by atoms with Crippen LogP contribution in [0.25, 0.3) is 0 Å². The van der Waals surface area contributed by atoms with Crippen LogP contribution in [-0.4, -0.2) is 90.7 Å². The molecule has 1 amide bonds. The van der Waals surface area contributed by atoms with Crippen LogP contribution in [0.4, 0.5) is 4.79 Å². The van der Waals surface area contributed by atoms with Crippen molar-refractivity contribution < 1.29 is 48.3 Å². The predicted octanol–water partition coefficient (Wildman–Crippen LogP) is 9.16. The second-order valence-corrected chi connectivity index (χ2v) is 16.5. The van der Waals surface area contributed by atoms with Gasteiger partial charge in [0, 0.05) is 37.7 Å². The molecule has 2 N–H and O–H groups in total. The van der Waals surface area contributed by atoms with E-state index in [1.54, 1.807) is 35.3 Å². The van der Waals surface area contributed by atoms with E-state index in [-0.39, 0.29) is 50.6 Å². The number of hydrogen-bond donors (Lipinski definition) is 2. The topological polar surface area (TPSA) is 146 Å². The van der Waals surface area contributed by atoms with Gasteiger partial charge >= 0.3 is 6.09 Å². The number of oxime groups is 1. The minimum absolute atomic E-state index is 0.0314. The Balaban J connectivity index is 1.78. The number of rotatable bonds is 22. The Morgan fingerprint density at radius 2 is 1.76 bits per heavy atom. The summed E-state index contributed by atoms with van der Waals surface area (Å²) in [5.41, 5.74) is 2.32. The van der Waals surface area contributed by atoms with Gasteiger partial charge in [0.1, 0.15) is 34.6 Å². The second-order valence-electron chi connectivity index (χ2n) is 16.5. The molecule has 0 aromatic heterocycles. The highest BCUT2D eigenvalue weighted by Crippen LogP contribution is 2.62. The number of ether oxygens (including phenoxy) is 5. The molecule has 2 aromatic rings. The number of fused-ring (bicyclic) bond motifs is 2. The molecule has 6 atom stereocenters. The predicted molar refractivity (Wildman–Crippen MR) is 227 cm³/mol. The first-order valence-electron chi connectivity index (χ1n) is 21.1. The molecule has 1 saturated carbocycles. The maximum absolute atomic E-state index is 14.2. The van der Waals surface area contributed by atoms with Gasteiger partial charge in [0.05, 0.1) is 37.5 Å².